The number of carbonyl (C=O) groups excluding carboxylic acids is 1. The number of aromatic carboxylic acids is 1. The molecule has 1 aromatic carbocycles. The number of hydrogen-bond donors (Lipinski definition) is 3. The number of nitrogens with one attached hydrogen (secondary N) is 1. The van der Waals surface area contributed by atoms with Crippen molar-refractivity contribution in [3.63, 3.8) is 0 Å². The van der Waals surface area contributed by atoms with Gasteiger partial charge in [0.25, 0.3) is 0 Å². The van der Waals surface area contributed by atoms with E-state index in [-0.39, 0.29) is 22.4 Å². The summed E-state index contributed by atoms with van der Waals surface area (Å²) in [4.78, 5) is 22.8. The summed E-state index contributed by atoms with van der Waals surface area (Å²) < 4.78 is 0. The van der Waals surface area contributed by atoms with Gasteiger partial charge in [-0.2, -0.15) is 0 Å². The van der Waals surface area contributed by atoms with Crippen LogP contribution in [-0.2, 0) is 4.79 Å². The van der Waals surface area contributed by atoms with E-state index in [1.54, 1.807) is 0 Å². The van der Waals surface area contributed by atoms with Crippen molar-refractivity contribution in [1.82, 2.24) is 0 Å². The third-order valence-corrected chi connectivity index (χ3v) is 3.35. The minimum atomic E-state index is -1.15. The minimum absolute atomic E-state index is 0.0474. The first-order valence-electron chi connectivity index (χ1n) is 5.96. The van der Waals surface area contributed by atoms with Gasteiger partial charge in [0, 0.05) is 5.69 Å². The number of benzene rings is 1. The zero-order chi connectivity index (χ0) is 14.6. The molecule has 0 fully saturated rings. The predicted octanol–water partition coefficient (Wildman–Crippen LogP) is 2.35. The van der Waals surface area contributed by atoms with E-state index in [0.717, 1.165) is 6.42 Å². The molecular formula is C13H17ClN2O3. The smallest absolute Gasteiger partial charge is 0.337 e. The quantitative estimate of drug-likeness (QED) is 0.774. The summed E-state index contributed by atoms with van der Waals surface area (Å²) in [5.41, 5.74) is 6.10. The Labute approximate surface area is 116 Å². The molecule has 6 heteroatoms. The standard InChI is InChI=1S/C13H17ClN2O3/c1-3-7(2)11(15)12(17)16-8-4-5-10(14)9(6-8)13(18)19/h4-7,11H,3,15H2,1-2H3,(H,16,17)(H,18,19). The maximum Gasteiger partial charge on any atom is 0.337 e. The van der Waals surface area contributed by atoms with Crippen LogP contribution < -0.4 is 11.1 Å². The van der Waals surface area contributed by atoms with Gasteiger partial charge in [0.05, 0.1) is 16.6 Å². The molecule has 0 bridgehead atoms. The van der Waals surface area contributed by atoms with E-state index < -0.39 is 12.0 Å². The highest BCUT2D eigenvalue weighted by molar-refractivity contribution is 6.33. The molecular weight excluding hydrogens is 268 g/mol. The Morgan fingerprint density at radius 3 is 2.63 bits per heavy atom. The Morgan fingerprint density at radius 2 is 2.11 bits per heavy atom. The van der Waals surface area contributed by atoms with Crippen molar-refractivity contribution in [1.29, 1.82) is 0 Å². The Balaban J connectivity index is 2.86. The number of anilines is 1. The predicted molar refractivity (Wildman–Crippen MR) is 74.5 cm³/mol. The number of carboxylic acids is 1. The lowest BCUT2D eigenvalue weighted by Gasteiger charge is -2.17. The van der Waals surface area contributed by atoms with E-state index in [1.165, 1.54) is 18.2 Å². The van der Waals surface area contributed by atoms with E-state index in [0.29, 0.717) is 5.69 Å². The van der Waals surface area contributed by atoms with Crippen LogP contribution in [0.3, 0.4) is 0 Å². The summed E-state index contributed by atoms with van der Waals surface area (Å²) in [6.07, 6.45) is 0.787. The van der Waals surface area contributed by atoms with Gasteiger partial charge >= 0.3 is 5.97 Å². The molecule has 0 saturated heterocycles. The fraction of sp³-hybridized carbons (Fsp3) is 0.385. The molecule has 2 unspecified atom stereocenters. The fourth-order valence-electron chi connectivity index (χ4n) is 1.50. The highest BCUT2D eigenvalue weighted by Crippen LogP contribution is 2.21. The normalized spacial score (nSPS) is 13.7. The van der Waals surface area contributed by atoms with Gasteiger partial charge in [-0.25, -0.2) is 4.79 Å². The summed E-state index contributed by atoms with van der Waals surface area (Å²) in [7, 11) is 0. The molecule has 5 nitrogen and oxygen atoms in total. The fourth-order valence-corrected chi connectivity index (χ4v) is 1.70. The second-order valence-electron chi connectivity index (χ2n) is 4.40. The van der Waals surface area contributed by atoms with Crippen LogP contribution >= 0.6 is 11.6 Å². The molecule has 0 aliphatic carbocycles. The maximum atomic E-state index is 11.9. The lowest BCUT2D eigenvalue weighted by Crippen LogP contribution is -2.40. The van der Waals surface area contributed by atoms with Gasteiger partial charge in [-0.15, -0.1) is 0 Å². The Bertz CT molecular complexity index is 491. The molecule has 104 valence electrons. The van der Waals surface area contributed by atoms with Crippen LogP contribution in [0.1, 0.15) is 30.6 Å². The number of hydrogen-bond acceptors (Lipinski definition) is 3. The molecule has 0 aliphatic heterocycles. The van der Waals surface area contributed by atoms with Crippen molar-refractivity contribution in [2.45, 2.75) is 26.3 Å². The largest absolute Gasteiger partial charge is 0.478 e. The molecule has 0 heterocycles. The summed E-state index contributed by atoms with van der Waals surface area (Å²) >= 11 is 5.74. The highest BCUT2D eigenvalue weighted by Gasteiger charge is 2.20. The SMILES string of the molecule is CCC(C)C(N)C(=O)Nc1ccc(Cl)c(C(=O)O)c1. The average molecular weight is 285 g/mol. The first-order chi connectivity index (χ1) is 8.86. The van der Waals surface area contributed by atoms with Crippen LogP contribution in [0.25, 0.3) is 0 Å². The van der Waals surface area contributed by atoms with Crippen LogP contribution in [0, 0.1) is 5.92 Å². The first kappa shape index (κ1) is 15.5. The summed E-state index contributed by atoms with van der Waals surface area (Å²) in [5.74, 6) is -1.44. The Kier molecular flexibility index (Phi) is 5.32. The van der Waals surface area contributed by atoms with Crippen molar-refractivity contribution >= 4 is 29.2 Å². The summed E-state index contributed by atoms with van der Waals surface area (Å²) in [6, 6.07) is 3.64. The Hall–Kier alpha value is -1.59. The van der Waals surface area contributed by atoms with Crippen LogP contribution in [0.15, 0.2) is 18.2 Å². The van der Waals surface area contributed by atoms with Gasteiger partial charge in [-0.3, -0.25) is 4.79 Å². The van der Waals surface area contributed by atoms with E-state index in [2.05, 4.69) is 5.32 Å². The van der Waals surface area contributed by atoms with Crippen molar-refractivity contribution in [2.75, 3.05) is 5.32 Å². The highest BCUT2D eigenvalue weighted by atomic mass is 35.5. The van der Waals surface area contributed by atoms with Crippen LogP contribution in [0.4, 0.5) is 5.69 Å². The lowest BCUT2D eigenvalue weighted by atomic mass is 9.99. The van der Waals surface area contributed by atoms with Gasteiger partial charge in [0.1, 0.15) is 0 Å². The van der Waals surface area contributed by atoms with E-state index >= 15 is 0 Å². The molecule has 0 radical (unpaired) electrons. The third kappa shape index (κ3) is 3.94. The molecule has 0 saturated carbocycles. The second-order valence-corrected chi connectivity index (χ2v) is 4.81. The minimum Gasteiger partial charge on any atom is -0.478 e. The molecule has 0 aliphatic rings. The maximum absolute atomic E-state index is 11.9. The molecule has 19 heavy (non-hydrogen) atoms. The zero-order valence-corrected chi connectivity index (χ0v) is 11.6. The second kappa shape index (κ2) is 6.54. The van der Waals surface area contributed by atoms with E-state index in [1.807, 2.05) is 13.8 Å². The number of carboxylic acid groups (broad SMARTS) is 1. The van der Waals surface area contributed by atoms with Crippen molar-refractivity contribution < 1.29 is 14.7 Å². The number of halogens is 1. The van der Waals surface area contributed by atoms with Crippen molar-refractivity contribution in [3.8, 4) is 0 Å². The zero-order valence-electron chi connectivity index (χ0n) is 10.8. The van der Waals surface area contributed by atoms with Gasteiger partial charge in [-0.1, -0.05) is 31.9 Å². The average Bonchev–Trinajstić information content (AvgIpc) is 2.38. The van der Waals surface area contributed by atoms with E-state index in [4.69, 9.17) is 22.4 Å². The molecule has 0 aromatic heterocycles. The van der Waals surface area contributed by atoms with Crippen LogP contribution in [0.5, 0.6) is 0 Å². The van der Waals surface area contributed by atoms with Gasteiger partial charge in [0.15, 0.2) is 0 Å². The monoisotopic (exact) mass is 284 g/mol. The third-order valence-electron chi connectivity index (χ3n) is 3.02. The van der Waals surface area contributed by atoms with Crippen LogP contribution in [0.2, 0.25) is 5.02 Å². The molecule has 4 N–H and O–H groups in total. The summed E-state index contributed by atoms with van der Waals surface area (Å²) in [5, 5.41) is 11.7. The molecule has 1 aromatic rings. The number of carbonyl (C=O) groups is 2. The number of rotatable bonds is 5. The topological polar surface area (TPSA) is 92.4 Å². The molecule has 2 atom stereocenters. The van der Waals surface area contributed by atoms with Crippen molar-refractivity contribution in [3.05, 3.63) is 28.8 Å². The Morgan fingerprint density at radius 1 is 1.47 bits per heavy atom. The first-order valence-corrected chi connectivity index (χ1v) is 6.33. The van der Waals surface area contributed by atoms with Gasteiger partial charge < -0.3 is 16.2 Å². The number of amides is 1. The molecule has 0 spiro atoms. The lowest BCUT2D eigenvalue weighted by molar-refractivity contribution is -0.118. The van der Waals surface area contributed by atoms with Crippen molar-refractivity contribution in [2.24, 2.45) is 11.7 Å². The molecule has 1 rings (SSSR count). The summed E-state index contributed by atoms with van der Waals surface area (Å²) in [6.45, 7) is 3.83. The number of nitrogens with two attached hydrogens (primary N) is 1. The van der Waals surface area contributed by atoms with Gasteiger partial charge in [0.2, 0.25) is 5.91 Å². The van der Waals surface area contributed by atoms with Crippen LogP contribution in [-0.4, -0.2) is 23.0 Å². The molecule has 1 amide bonds. The van der Waals surface area contributed by atoms with E-state index in [9.17, 15) is 9.59 Å². The van der Waals surface area contributed by atoms with Gasteiger partial charge in [-0.05, 0) is 24.1 Å².